The molecule has 1 N–H and O–H groups in total. The molecule has 0 saturated heterocycles. The molecule has 14 heavy (non-hydrogen) atoms. The van der Waals surface area contributed by atoms with Crippen LogP contribution in [0.25, 0.3) is 0 Å². The first-order valence-electron chi connectivity index (χ1n) is 4.51. The maximum absolute atomic E-state index is 11.3. The fraction of sp³-hybridized carbons (Fsp3) is 0.273. The Kier molecular flexibility index (Phi) is 1.88. The van der Waals surface area contributed by atoms with Crippen LogP contribution in [0.5, 0.6) is 0 Å². The van der Waals surface area contributed by atoms with Gasteiger partial charge >= 0.3 is 0 Å². The number of rotatable bonds is 1. The average molecular weight is 189 g/mol. The van der Waals surface area contributed by atoms with E-state index in [1.54, 1.807) is 6.92 Å². The van der Waals surface area contributed by atoms with Crippen molar-refractivity contribution in [1.82, 2.24) is 0 Å². The van der Waals surface area contributed by atoms with Crippen LogP contribution in [-0.2, 0) is 15.0 Å². The van der Waals surface area contributed by atoms with E-state index in [9.17, 15) is 9.59 Å². The molecule has 0 spiro atoms. The van der Waals surface area contributed by atoms with Crippen LogP contribution in [0.2, 0.25) is 0 Å². The van der Waals surface area contributed by atoms with Gasteiger partial charge in [0.1, 0.15) is 6.29 Å². The molecule has 0 bridgehead atoms. The summed E-state index contributed by atoms with van der Waals surface area (Å²) in [6.45, 7) is 1.79. The first-order valence-corrected chi connectivity index (χ1v) is 4.51. The van der Waals surface area contributed by atoms with Gasteiger partial charge in [-0.3, -0.25) is 4.79 Å². The third kappa shape index (κ3) is 1.21. The SMILES string of the molecule is CC1(C=O)CC(=O)Nc2ccccc21. The molecule has 1 aromatic carbocycles. The normalized spacial score (nSPS) is 25.1. The third-order valence-electron chi connectivity index (χ3n) is 2.60. The summed E-state index contributed by atoms with van der Waals surface area (Å²) in [7, 11) is 0. The molecule has 1 aliphatic heterocycles. The Hall–Kier alpha value is -1.64. The van der Waals surface area contributed by atoms with Crippen LogP contribution >= 0.6 is 0 Å². The Morgan fingerprint density at radius 2 is 2.14 bits per heavy atom. The second kappa shape index (κ2) is 2.94. The monoisotopic (exact) mass is 189 g/mol. The van der Waals surface area contributed by atoms with E-state index in [1.165, 1.54) is 0 Å². The maximum atomic E-state index is 11.3. The Balaban J connectivity index is 2.59. The van der Waals surface area contributed by atoms with Crippen molar-refractivity contribution in [1.29, 1.82) is 0 Å². The predicted molar refractivity (Wildman–Crippen MR) is 53.1 cm³/mol. The lowest BCUT2D eigenvalue weighted by Gasteiger charge is -2.30. The van der Waals surface area contributed by atoms with E-state index in [4.69, 9.17) is 0 Å². The van der Waals surface area contributed by atoms with Crippen molar-refractivity contribution in [3.05, 3.63) is 29.8 Å². The van der Waals surface area contributed by atoms with E-state index in [1.807, 2.05) is 24.3 Å². The molecule has 72 valence electrons. The molecule has 3 nitrogen and oxygen atoms in total. The summed E-state index contributed by atoms with van der Waals surface area (Å²) in [4.78, 5) is 22.3. The number of nitrogens with one attached hydrogen (secondary N) is 1. The number of para-hydroxylation sites is 1. The number of anilines is 1. The summed E-state index contributed by atoms with van der Waals surface area (Å²) in [6.07, 6.45) is 1.08. The predicted octanol–water partition coefficient (Wildman–Crippen LogP) is 1.49. The number of aldehydes is 1. The number of fused-ring (bicyclic) bond motifs is 1. The van der Waals surface area contributed by atoms with E-state index < -0.39 is 5.41 Å². The van der Waals surface area contributed by atoms with Crippen LogP contribution in [0.3, 0.4) is 0 Å². The summed E-state index contributed by atoms with van der Waals surface area (Å²) < 4.78 is 0. The number of amides is 1. The number of hydrogen-bond donors (Lipinski definition) is 1. The van der Waals surface area contributed by atoms with E-state index in [-0.39, 0.29) is 12.3 Å². The van der Waals surface area contributed by atoms with Crippen molar-refractivity contribution in [3.8, 4) is 0 Å². The van der Waals surface area contributed by atoms with E-state index in [0.717, 1.165) is 17.5 Å². The molecule has 1 unspecified atom stereocenters. The fourth-order valence-corrected chi connectivity index (χ4v) is 1.82. The fourth-order valence-electron chi connectivity index (χ4n) is 1.82. The van der Waals surface area contributed by atoms with Gasteiger partial charge in [0.05, 0.1) is 5.41 Å². The van der Waals surface area contributed by atoms with Crippen LogP contribution < -0.4 is 5.32 Å². The molecule has 1 aromatic rings. The number of carbonyl (C=O) groups is 2. The van der Waals surface area contributed by atoms with Gasteiger partial charge in [0.25, 0.3) is 0 Å². The number of benzene rings is 1. The van der Waals surface area contributed by atoms with Gasteiger partial charge in [-0.15, -0.1) is 0 Å². The summed E-state index contributed by atoms with van der Waals surface area (Å²) in [5.41, 5.74) is 0.979. The number of carbonyl (C=O) groups excluding carboxylic acids is 2. The van der Waals surface area contributed by atoms with Gasteiger partial charge in [0, 0.05) is 12.1 Å². The minimum Gasteiger partial charge on any atom is -0.326 e. The van der Waals surface area contributed by atoms with Gasteiger partial charge in [0.15, 0.2) is 0 Å². The van der Waals surface area contributed by atoms with Crippen molar-refractivity contribution in [3.63, 3.8) is 0 Å². The van der Waals surface area contributed by atoms with Crippen LogP contribution in [0.1, 0.15) is 18.9 Å². The van der Waals surface area contributed by atoms with Crippen molar-refractivity contribution in [2.75, 3.05) is 5.32 Å². The first-order chi connectivity index (χ1) is 6.65. The van der Waals surface area contributed by atoms with Crippen molar-refractivity contribution in [2.45, 2.75) is 18.8 Å². The standard InChI is InChI=1S/C11H11NO2/c1-11(7-13)6-10(14)12-9-5-3-2-4-8(9)11/h2-5,7H,6H2,1H3,(H,12,14). The second-order valence-electron chi connectivity index (χ2n) is 3.81. The molecule has 0 radical (unpaired) electrons. The Bertz CT molecular complexity index is 400. The maximum Gasteiger partial charge on any atom is 0.225 e. The van der Waals surface area contributed by atoms with Gasteiger partial charge in [-0.2, -0.15) is 0 Å². The second-order valence-corrected chi connectivity index (χ2v) is 3.81. The molecule has 0 fully saturated rings. The molecule has 3 heteroatoms. The molecule has 1 heterocycles. The molecule has 0 aromatic heterocycles. The van der Waals surface area contributed by atoms with E-state index in [2.05, 4.69) is 5.32 Å². The van der Waals surface area contributed by atoms with E-state index in [0.29, 0.717) is 0 Å². The lowest BCUT2D eigenvalue weighted by atomic mass is 9.77. The molecule has 2 rings (SSSR count). The van der Waals surface area contributed by atoms with Crippen LogP contribution in [0, 0.1) is 0 Å². The summed E-state index contributed by atoms with van der Waals surface area (Å²) in [5, 5.41) is 2.75. The zero-order chi connectivity index (χ0) is 10.2. The lowest BCUT2D eigenvalue weighted by molar-refractivity contribution is -0.121. The van der Waals surface area contributed by atoms with Gasteiger partial charge < -0.3 is 10.1 Å². The Morgan fingerprint density at radius 3 is 2.86 bits per heavy atom. The largest absolute Gasteiger partial charge is 0.326 e. The van der Waals surface area contributed by atoms with Gasteiger partial charge in [-0.25, -0.2) is 0 Å². The summed E-state index contributed by atoms with van der Waals surface area (Å²) in [6, 6.07) is 7.41. The molecule has 1 atom stereocenters. The van der Waals surface area contributed by atoms with E-state index >= 15 is 0 Å². The highest BCUT2D eigenvalue weighted by molar-refractivity contribution is 5.99. The van der Waals surface area contributed by atoms with Crippen LogP contribution in [0.15, 0.2) is 24.3 Å². The van der Waals surface area contributed by atoms with Gasteiger partial charge in [-0.05, 0) is 18.6 Å². The highest BCUT2D eigenvalue weighted by Gasteiger charge is 2.35. The number of hydrogen-bond acceptors (Lipinski definition) is 2. The van der Waals surface area contributed by atoms with Crippen LogP contribution in [-0.4, -0.2) is 12.2 Å². The lowest BCUT2D eigenvalue weighted by Crippen LogP contribution is -2.35. The zero-order valence-corrected chi connectivity index (χ0v) is 7.91. The quantitative estimate of drug-likeness (QED) is 0.680. The molecular weight excluding hydrogens is 178 g/mol. The molecule has 0 aliphatic carbocycles. The first kappa shape index (κ1) is 8.94. The van der Waals surface area contributed by atoms with Crippen molar-refractivity contribution in [2.24, 2.45) is 0 Å². The highest BCUT2D eigenvalue weighted by atomic mass is 16.2. The minimum absolute atomic E-state index is 0.0988. The Morgan fingerprint density at radius 1 is 1.43 bits per heavy atom. The topological polar surface area (TPSA) is 46.2 Å². The van der Waals surface area contributed by atoms with Gasteiger partial charge in [-0.1, -0.05) is 18.2 Å². The van der Waals surface area contributed by atoms with Crippen molar-refractivity contribution >= 4 is 17.9 Å². The summed E-state index contributed by atoms with van der Waals surface area (Å²) >= 11 is 0. The molecule has 1 aliphatic rings. The average Bonchev–Trinajstić information content (AvgIpc) is 2.17. The summed E-state index contributed by atoms with van der Waals surface area (Å²) in [5.74, 6) is -0.0988. The Labute approximate surface area is 82.1 Å². The smallest absolute Gasteiger partial charge is 0.225 e. The minimum atomic E-state index is -0.668. The zero-order valence-electron chi connectivity index (χ0n) is 7.91. The molecule has 0 saturated carbocycles. The van der Waals surface area contributed by atoms with Crippen molar-refractivity contribution < 1.29 is 9.59 Å². The third-order valence-corrected chi connectivity index (χ3v) is 2.60. The molecule has 1 amide bonds. The van der Waals surface area contributed by atoms with Crippen LogP contribution in [0.4, 0.5) is 5.69 Å². The molecular formula is C11H11NO2. The highest BCUT2D eigenvalue weighted by Crippen LogP contribution is 2.35. The van der Waals surface area contributed by atoms with Gasteiger partial charge in [0.2, 0.25) is 5.91 Å².